The van der Waals surface area contributed by atoms with Crippen molar-refractivity contribution in [3.8, 4) is 0 Å². The van der Waals surface area contributed by atoms with Crippen molar-refractivity contribution < 1.29 is 4.74 Å². The standard InChI is InChI=1S/C8H16O/c1-7(2,3)5-8(4)6-9-8/h5-6H2,1-4H3. The van der Waals surface area contributed by atoms with Crippen LogP contribution in [-0.4, -0.2) is 12.2 Å². The molecule has 0 N–H and O–H groups in total. The zero-order valence-corrected chi connectivity index (χ0v) is 6.82. The molecule has 54 valence electrons. The molecule has 1 heterocycles. The lowest BCUT2D eigenvalue weighted by Crippen LogP contribution is -2.16. The maximum atomic E-state index is 5.27. The molecule has 0 amide bonds. The number of rotatable bonds is 1. The van der Waals surface area contributed by atoms with Crippen molar-refractivity contribution in [2.45, 2.75) is 39.7 Å². The zero-order valence-electron chi connectivity index (χ0n) is 6.82. The summed E-state index contributed by atoms with van der Waals surface area (Å²) >= 11 is 0. The molecule has 9 heavy (non-hydrogen) atoms. The molecule has 0 aliphatic carbocycles. The Morgan fingerprint density at radius 2 is 1.89 bits per heavy atom. The summed E-state index contributed by atoms with van der Waals surface area (Å²) in [4.78, 5) is 0. The molecule has 0 aromatic heterocycles. The van der Waals surface area contributed by atoms with Crippen LogP contribution in [0.3, 0.4) is 0 Å². The minimum atomic E-state index is 0.234. The van der Waals surface area contributed by atoms with Gasteiger partial charge in [0.2, 0.25) is 0 Å². The van der Waals surface area contributed by atoms with Gasteiger partial charge in [-0.2, -0.15) is 0 Å². The summed E-state index contributed by atoms with van der Waals surface area (Å²) in [5, 5.41) is 0. The lowest BCUT2D eigenvalue weighted by Gasteiger charge is -2.20. The maximum absolute atomic E-state index is 5.27. The Morgan fingerprint density at radius 1 is 1.44 bits per heavy atom. The van der Waals surface area contributed by atoms with Crippen LogP contribution < -0.4 is 0 Å². The summed E-state index contributed by atoms with van der Waals surface area (Å²) in [6.07, 6.45) is 1.18. The maximum Gasteiger partial charge on any atom is 0.0893 e. The molecule has 1 fully saturated rings. The molecule has 1 heteroatoms. The highest BCUT2D eigenvalue weighted by molar-refractivity contribution is 4.90. The van der Waals surface area contributed by atoms with Gasteiger partial charge in [-0.3, -0.25) is 0 Å². The SMILES string of the molecule is CC(C)(C)CC1(C)CO1. The van der Waals surface area contributed by atoms with E-state index in [1.54, 1.807) is 0 Å². The van der Waals surface area contributed by atoms with Crippen molar-refractivity contribution in [3.05, 3.63) is 0 Å². The highest BCUT2D eigenvalue weighted by Crippen LogP contribution is 2.38. The first-order chi connectivity index (χ1) is 3.91. The molecule has 1 atom stereocenters. The topological polar surface area (TPSA) is 12.5 Å². The molecule has 1 saturated heterocycles. The molecule has 0 spiro atoms. The van der Waals surface area contributed by atoms with Gasteiger partial charge >= 0.3 is 0 Å². The number of ether oxygens (including phenoxy) is 1. The Hall–Kier alpha value is -0.0400. The lowest BCUT2D eigenvalue weighted by molar-refractivity contribution is 0.230. The Balaban J connectivity index is 2.33. The molecule has 0 aromatic carbocycles. The van der Waals surface area contributed by atoms with Crippen LogP contribution in [0.4, 0.5) is 0 Å². The van der Waals surface area contributed by atoms with E-state index in [1.165, 1.54) is 6.42 Å². The van der Waals surface area contributed by atoms with E-state index >= 15 is 0 Å². The van der Waals surface area contributed by atoms with Crippen LogP contribution in [-0.2, 0) is 4.74 Å². The van der Waals surface area contributed by atoms with Gasteiger partial charge in [0.1, 0.15) is 0 Å². The minimum absolute atomic E-state index is 0.234. The highest BCUT2D eigenvalue weighted by atomic mass is 16.6. The monoisotopic (exact) mass is 128 g/mol. The normalized spacial score (nSPS) is 34.7. The first kappa shape index (κ1) is 7.07. The van der Waals surface area contributed by atoms with Gasteiger partial charge in [0.05, 0.1) is 12.2 Å². The first-order valence-electron chi connectivity index (χ1n) is 3.55. The third-order valence-corrected chi connectivity index (χ3v) is 1.54. The molecule has 1 aliphatic rings. The van der Waals surface area contributed by atoms with Crippen LogP contribution in [0, 0.1) is 5.41 Å². The van der Waals surface area contributed by atoms with Crippen molar-refractivity contribution in [1.82, 2.24) is 0 Å². The van der Waals surface area contributed by atoms with Gasteiger partial charge in [-0.05, 0) is 18.8 Å². The number of epoxide rings is 1. The average molecular weight is 128 g/mol. The van der Waals surface area contributed by atoms with Gasteiger partial charge in [-0.1, -0.05) is 20.8 Å². The van der Waals surface area contributed by atoms with Crippen molar-refractivity contribution in [2.24, 2.45) is 5.41 Å². The third kappa shape index (κ3) is 2.35. The largest absolute Gasteiger partial charge is 0.370 e. The summed E-state index contributed by atoms with van der Waals surface area (Å²) in [6.45, 7) is 9.89. The molecule has 1 nitrogen and oxygen atoms in total. The van der Waals surface area contributed by atoms with Crippen molar-refractivity contribution in [3.63, 3.8) is 0 Å². The van der Waals surface area contributed by atoms with Crippen LogP contribution in [0.1, 0.15) is 34.1 Å². The average Bonchev–Trinajstić information content (AvgIpc) is 2.12. The zero-order chi connectivity index (χ0) is 7.12. The summed E-state index contributed by atoms with van der Waals surface area (Å²) < 4.78 is 5.27. The van der Waals surface area contributed by atoms with Crippen LogP contribution in [0.25, 0.3) is 0 Å². The van der Waals surface area contributed by atoms with E-state index in [0.717, 1.165) is 6.61 Å². The molecule has 0 aromatic rings. The van der Waals surface area contributed by atoms with E-state index in [0.29, 0.717) is 5.41 Å². The van der Waals surface area contributed by atoms with E-state index in [1.807, 2.05) is 0 Å². The molecule has 1 unspecified atom stereocenters. The Kier molecular flexibility index (Phi) is 1.35. The summed E-state index contributed by atoms with van der Waals surface area (Å²) in [7, 11) is 0. The molecule has 0 saturated carbocycles. The molecule has 1 rings (SSSR count). The molecule has 1 aliphatic heterocycles. The quantitative estimate of drug-likeness (QED) is 0.493. The van der Waals surface area contributed by atoms with Crippen LogP contribution in [0.15, 0.2) is 0 Å². The molecule has 0 bridgehead atoms. The van der Waals surface area contributed by atoms with Gasteiger partial charge in [-0.15, -0.1) is 0 Å². The third-order valence-electron chi connectivity index (χ3n) is 1.54. The summed E-state index contributed by atoms with van der Waals surface area (Å²) in [6, 6.07) is 0. The van der Waals surface area contributed by atoms with Gasteiger partial charge < -0.3 is 4.74 Å². The van der Waals surface area contributed by atoms with Crippen molar-refractivity contribution in [2.75, 3.05) is 6.61 Å². The van der Waals surface area contributed by atoms with Crippen molar-refractivity contribution in [1.29, 1.82) is 0 Å². The van der Waals surface area contributed by atoms with Gasteiger partial charge in [0.15, 0.2) is 0 Å². The van der Waals surface area contributed by atoms with Gasteiger partial charge in [0, 0.05) is 0 Å². The second-order valence-corrected chi connectivity index (χ2v) is 4.48. The summed E-state index contributed by atoms with van der Waals surface area (Å²) in [5.74, 6) is 0. The fraction of sp³-hybridized carbons (Fsp3) is 1.00. The Morgan fingerprint density at radius 3 is 2.00 bits per heavy atom. The Labute approximate surface area is 57.4 Å². The molecular weight excluding hydrogens is 112 g/mol. The second kappa shape index (κ2) is 1.72. The van der Waals surface area contributed by atoms with Crippen molar-refractivity contribution >= 4 is 0 Å². The highest BCUT2D eigenvalue weighted by Gasteiger charge is 2.42. The lowest BCUT2D eigenvalue weighted by atomic mass is 9.86. The number of hydrogen-bond acceptors (Lipinski definition) is 1. The molecular formula is C8H16O. The predicted octanol–water partition coefficient (Wildman–Crippen LogP) is 2.21. The van der Waals surface area contributed by atoms with Gasteiger partial charge in [-0.25, -0.2) is 0 Å². The van der Waals surface area contributed by atoms with Gasteiger partial charge in [0.25, 0.3) is 0 Å². The first-order valence-corrected chi connectivity index (χ1v) is 3.55. The van der Waals surface area contributed by atoms with Crippen LogP contribution >= 0.6 is 0 Å². The summed E-state index contributed by atoms with van der Waals surface area (Å²) in [5.41, 5.74) is 0.656. The van der Waals surface area contributed by atoms with E-state index in [9.17, 15) is 0 Å². The predicted molar refractivity (Wildman–Crippen MR) is 38.4 cm³/mol. The van der Waals surface area contributed by atoms with Crippen LogP contribution in [0.5, 0.6) is 0 Å². The number of hydrogen-bond donors (Lipinski definition) is 0. The second-order valence-electron chi connectivity index (χ2n) is 4.48. The van der Waals surface area contributed by atoms with E-state index in [-0.39, 0.29) is 5.60 Å². The molecule has 0 radical (unpaired) electrons. The fourth-order valence-electron chi connectivity index (χ4n) is 1.35. The van der Waals surface area contributed by atoms with E-state index in [4.69, 9.17) is 4.74 Å². The van der Waals surface area contributed by atoms with E-state index < -0.39 is 0 Å². The van der Waals surface area contributed by atoms with E-state index in [2.05, 4.69) is 27.7 Å². The smallest absolute Gasteiger partial charge is 0.0893 e. The minimum Gasteiger partial charge on any atom is -0.370 e. The fourth-order valence-corrected chi connectivity index (χ4v) is 1.35. The van der Waals surface area contributed by atoms with Crippen LogP contribution in [0.2, 0.25) is 0 Å². The Bertz CT molecular complexity index is 103.